The molecule has 1 aromatic rings. The van der Waals surface area contributed by atoms with Crippen LogP contribution in [0.25, 0.3) is 0 Å². The molecule has 20 heavy (non-hydrogen) atoms. The van der Waals surface area contributed by atoms with E-state index in [1.807, 2.05) is 0 Å². The summed E-state index contributed by atoms with van der Waals surface area (Å²) in [6, 6.07) is 2.91. The number of pyridine rings is 1. The molecule has 2 N–H and O–H groups in total. The van der Waals surface area contributed by atoms with Crippen LogP contribution in [-0.4, -0.2) is 41.9 Å². The van der Waals surface area contributed by atoms with E-state index in [2.05, 4.69) is 10.3 Å². The van der Waals surface area contributed by atoms with Crippen molar-refractivity contribution in [1.82, 2.24) is 10.3 Å². The summed E-state index contributed by atoms with van der Waals surface area (Å²) in [7, 11) is -3.08. The van der Waals surface area contributed by atoms with Crippen LogP contribution in [0.15, 0.2) is 18.3 Å². The maximum Gasteiger partial charge on any atom is 0.354 e. The zero-order valence-electron chi connectivity index (χ0n) is 10.6. The zero-order chi connectivity index (χ0) is 14.8. The molecule has 0 bridgehead atoms. The average Bonchev–Trinajstić information content (AvgIpc) is 2.77. The van der Waals surface area contributed by atoms with Gasteiger partial charge in [0.25, 0.3) is 0 Å². The Bertz CT molecular complexity index is 624. The number of nitrogens with zero attached hydrogens (tertiary/aromatic N) is 1. The third-order valence-electron chi connectivity index (χ3n) is 3.11. The van der Waals surface area contributed by atoms with Crippen molar-refractivity contribution in [2.45, 2.75) is 13.0 Å². The highest BCUT2D eigenvalue weighted by Gasteiger charge is 2.32. The van der Waals surface area contributed by atoms with Gasteiger partial charge in [-0.2, -0.15) is 0 Å². The van der Waals surface area contributed by atoms with Gasteiger partial charge in [-0.1, -0.05) is 6.07 Å². The topological polar surface area (TPSA) is 113 Å². The Morgan fingerprint density at radius 2 is 2.15 bits per heavy atom. The molecule has 1 fully saturated rings. The Labute approximate surface area is 115 Å². The number of carboxylic acids is 1. The van der Waals surface area contributed by atoms with Gasteiger partial charge in [0.05, 0.1) is 17.4 Å². The van der Waals surface area contributed by atoms with Crippen molar-refractivity contribution in [3.8, 4) is 0 Å². The Morgan fingerprint density at radius 1 is 1.40 bits per heavy atom. The van der Waals surface area contributed by atoms with Crippen LogP contribution >= 0.6 is 0 Å². The smallest absolute Gasteiger partial charge is 0.354 e. The van der Waals surface area contributed by atoms with Crippen LogP contribution in [-0.2, 0) is 21.2 Å². The van der Waals surface area contributed by atoms with Crippen LogP contribution in [0.5, 0.6) is 0 Å². The fourth-order valence-electron chi connectivity index (χ4n) is 1.99. The first kappa shape index (κ1) is 14.4. The van der Waals surface area contributed by atoms with E-state index in [9.17, 15) is 18.0 Å². The van der Waals surface area contributed by atoms with E-state index >= 15 is 0 Å². The number of rotatable bonds is 4. The van der Waals surface area contributed by atoms with E-state index in [-0.39, 0.29) is 29.7 Å². The van der Waals surface area contributed by atoms with Crippen molar-refractivity contribution >= 4 is 21.7 Å². The largest absolute Gasteiger partial charge is 0.477 e. The lowest BCUT2D eigenvalue weighted by molar-refractivity contribution is -0.124. The van der Waals surface area contributed by atoms with Gasteiger partial charge in [-0.3, -0.25) is 4.79 Å². The number of carboxylic acid groups (broad SMARTS) is 1. The standard InChI is InChI=1S/C12H14N2O5S/c15-11(9-3-4-20(18,19)7-9)14-6-8-1-2-10(12(16)17)13-5-8/h1-2,5,9H,3-4,6-7H2,(H,14,15)(H,16,17). The lowest BCUT2D eigenvalue weighted by Gasteiger charge is -2.09. The fourth-order valence-corrected chi connectivity index (χ4v) is 3.73. The number of aromatic nitrogens is 1. The van der Waals surface area contributed by atoms with Crippen LogP contribution in [0, 0.1) is 5.92 Å². The molecular weight excluding hydrogens is 284 g/mol. The zero-order valence-corrected chi connectivity index (χ0v) is 11.4. The lowest BCUT2D eigenvalue weighted by atomic mass is 10.1. The second kappa shape index (κ2) is 5.58. The van der Waals surface area contributed by atoms with Crippen LogP contribution in [0.2, 0.25) is 0 Å². The first-order chi connectivity index (χ1) is 9.37. The van der Waals surface area contributed by atoms with Crippen LogP contribution in [0.3, 0.4) is 0 Å². The third kappa shape index (κ3) is 3.53. The highest BCUT2D eigenvalue weighted by atomic mass is 32.2. The maximum absolute atomic E-state index is 11.8. The van der Waals surface area contributed by atoms with E-state index in [4.69, 9.17) is 5.11 Å². The predicted molar refractivity (Wildman–Crippen MR) is 69.8 cm³/mol. The molecule has 0 spiro atoms. The fraction of sp³-hybridized carbons (Fsp3) is 0.417. The monoisotopic (exact) mass is 298 g/mol. The second-order valence-electron chi connectivity index (χ2n) is 4.67. The molecule has 0 radical (unpaired) electrons. The highest BCUT2D eigenvalue weighted by Crippen LogP contribution is 2.18. The summed E-state index contributed by atoms with van der Waals surface area (Å²) in [6.45, 7) is 0.197. The molecule has 0 aliphatic carbocycles. The van der Waals surface area contributed by atoms with Crippen LogP contribution in [0.1, 0.15) is 22.5 Å². The van der Waals surface area contributed by atoms with Crippen molar-refractivity contribution in [3.05, 3.63) is 29.6 Å². The SMILES string of the molecule is O=C(O)c1ccc(CNC(=O)C2CCS(=O)(=O)C2)cn1. The van der Waals surface area contributed by atoms with Crippen LogP contribution in [0.4, 0.5) is 0 Å². The molecule has 1 aliphatic rings. The van der Waals surface area contributed by atoms with Crippen molar-refractivity contribution in [1.29, 1.82) is 0 Å². The van der Waals surface area contributed by atoms with E-state index in [1.165, 1.54) is 12.3 Å². The average molecular weight is 298 g/mol. The number of hydrogen-bond donors (Lipinski definition) is 2. The molecule has 1 unspecified atom stereocenters. The maximum atomic E-state index is 11.8. The highest BCUT2D eigenvalue weighted by molar-refractivity contribution is 7.91. The molecule has 1 saturated heterocycles. The minimum atomic E-state index is -3.08. The van der Waals surface area contributed by atoms with Gasteiger partial charge < -0.3 is 10.4 Å². The lowest BCUT2D eigenvalue weighted by Crippen LogP contribution is -2.31. The molecule has 0 saturated carbocycles. The Balaban J connectivity index is 1.89. The molecular formula is C12H14N2O5S. The number of sulfone groups is 1. The van der Waals surface area contributed by atoms with Gasteiger partial charge in [0, 0.05) is 12.7 Å². The van der Waals surface area contributed by atoms with Crippen molar-refractivity contribution < 1.29 is 23.1 Å². The summed E-state index contributed by atoms with van der Waals surface area (Å²) in [5.41, 5.74) is 0.589. The van der Waals surface area contributed by atoms with Crippen molar-refractivity contribution in [2.75, 3.05) is 11.5 Å². The minimum absolute atomic E-state index is 0.0555. The van der Waals surface area contributed by atoms with Gasteiger partial charge in [-0.15, -0.1) is 0 Å². The second-order valence-corrected chi connectivity index (χ2v) is 6.90. The molecule has 2 rings (SSSR count). The van der Waals surface area contributed by atoms with Gasteiger partial charge in [-0.05, 0) is 18.1 Å². The number of nitrogens with one attached hydrogen (secondary N) is 1. The molecule has 1 aliphatic heterocycles. The van der Waals surface area contributed by atoms with Gasteiger partial charge in [0.15, 0.2) is 9.84 Å². The number of carbonyl (C=O) groups excluding carboxylic acids is 1. The first-order valence-electron chi connectivity index (χ1n) is 6.04. The number of carbonyl (C=O) groups is 2. The Hall–Kier alpha value is -1.96. The summed E-state index contributed by atoms with van der Waals surface area (Å²) in [5, 5.41) is 11.3. The molecule has 108 valence electrons. The van der Waals surface area contributed by atoms with E-state index in [0.717, 1.165) is 0 Å². The molecule has 7 nitrogen and oxygen atoms in total. The normalized spacial score (nSPS) is 20.5. The molecule has 0 aromatic carbocycles. The first-order valence-corrected chi connectivity index (χ1v) is 7.86. The number of aromatic carboxylic acids is 1. The number of hydrogen-bond acceptors (Lipinski definition) is 5. The summed E-state index contributed by atoms with van der Waals surface area (Å²) >= 11 is 0. The molecule has 1 atom stereocenters. The summed E-state index contributed by atoms with van der Waals surface area (Å²) in [5.74, 6) is -1.95. The molecule has 8 heteroatoms. The Kier molecular flexibility index (Phi) is 4.03. The molecule has 2 heterocycles. The number of amides is 1. The van der Waals surface area contributed by atoms with E-state index < -0.39 is 21.7 Å². The van der Waals surface area contributed by atoms with Gasteiger partial charge >= 0.3 is 5.97 Å². The van der Waals surface area contributed by atoms with Gasteiger partial charge in [-0.25, -0.2) is 18.2 Å². The minimum Gasteiger partial charge on any atom is -0.477 e. The van der Waals surface area contributed by atoms with E-state index in [1.54, 1.807) is 6.07 Å². The predicted octanol–water partition coefficient (Wildman–Crippen LogP) is -0.169. The van der Waals surface area contributed by atoms with Gasteiger partial charge in [0.1, 0.15) is 5.69 Å². The summed E-state index contributed by atoms with van der Waals surface area (Å²) < 4.78 is 22.6. The molecule has 1 aromatic heterocycles. The third-order valence-corrected chi connectivity index (χ3v) is 4.88. The van der Waals surface area contributed by atoms with Gasteiger partial charge in [0.2, 0.25) is 5.91 Å². The van der Waals surface area contributed by atoms with Crippen molar-refractivity contribution in [2.24, 2.45) is 5.92 Å². The molecule has 1 amide bonds. The quantitative estimate of drug-likeness (QED) is 0.798. The van der Waals surface area contributed by atoms with Crippen molar-refractivity contribution in [3.63, 3.8) is 0 Å². The summed E-state index contributed by atoms with van der Waals surface area (Å²) in [4.78, 5) is 26.1. The summed E-state index contributed by atoms with van der Waals surface area (Å²) in [6.07, 6.45) is 1.72. The Morgan fingerprint density at radius 3 is 2.65 bits per heavy atom. The van der Waals surface area contributed by atoms with E-state index in [0.29, 0.717) is 12.0 Å². The van der Waals surface area contributed by atoms with Crippen LogP contribution < -0.4 is 5.32 Å².